The van der Waals surface area contributed by atoms with Crippen LogP contribution < -0.4 is 0 Å². The van der Waals surface area contributed by atoms with Crippen molar-refractivity contribution in [3.8, 4) is 0 Å². The lowest BCUT2D eigenvalue weighted by Gasteiger charge is -2.05. The fourth-order valence-electron chi connectivity index (χ4n) is 1.89. The SMILES string of the molecule is C=Cc1cccc(C=Cc2ccccc2)c1C(=O)O. The Morgan fingerprint density at radius 2 is 1.63 bits per heavy atom. The molecule has 0 fully saturated rings. The van der Waals surface area contributed by atoms with E-state index < -0.39 is 5.97 Å². The molecule has 2 rings (SSSR count). The summed E-state index contributed by atoms with van der Waals surface area (Å²) >= 11 is 0. The van der Waals surface area contributed by atoms with E-state index in [1.165, 1.54) is 0 Å². The van der Waals surface area contributed by atoms with Gasteiger partial charge in [-0.05, 0) is 16.7 Å². The molecule has 94 valence electrons. The van der Waals surface area contributed by atoms with Crippen molar-refractivity contribution in [2.24, 2.45) is 0 Å². The van der Waals surface area contributed by atoms with Gasteiger partial charge in [0.25, 0.3) is 0 Å². The van der Waals surface area contributed by atoms with E-state index in [-0.39, 0.29) is 5.56 Å². The second-order valence-corrected chi connectivity index (χ2v) is 4.06. The van der Waals surface area contributed by atoms with E-state index in [0.717, 1.165) is 5.56 Å². The largest absolute Gasteiger partial charge is 0.478 e. The molecule has 0 atom stereocenters. The quantitative estimate of drug-likeness (QED) is 0.826. The van der Waals surface area contributed by atoms with Crippen LogP contribution in [0, 0.1) is 0 Å². The highest BCUT2D eigenvalue weighted by Crippen LogP contribution is 2.19. The molecule has 0 radical (unpaired) electrons. The number of aromatic carboxylic acids is 1. The van der Waals surface area contributed by atoms with Crippen molar-refractivity contribution in [3.05, 3.63) is 77.4 Å². The summed E-state index contributed by atoms with van der Waals surface area (Å²) in [7, 11) is 0. The number of hydrogen-bond donors (Lipinski definition) is 1. The van der Waals surface area contributed by atoms with Gasteiger partial charge >= 0.3 is 5.97 Å². The van der Waals surface area contributed by atoms with Gasteiger partial charge in [-0.15, -0.1) is 0 Å². The zero-order chi connectivity index (χ0) is 13.7. The Hall–Kier alpha value is -2.61. The van der Waals surface area contributed by atoms with Gasteiger partial charge in [-0.3, -0.25) is 0 Å². The number of carboxylic acid groups (broad SMARTS) is 1. The molecule has 0 saturated carbocycles. The first-order valence-electron chi connectivity index (χ1n) is 5.94. The summed E-state index contributed by atoms with van der Waals surface area (Å²) in [4.78, 5) is 11.3. The van der Waals surface area contributed by atoms with Crippen LogP contribution in [0.25, 0.3) is 18.2 Å². The predicted octanol–water partition coefficient (Wildman–Crippen LogP) is 4.20. The summed E-state index contributed by atoms with van der Waals surface area (Å²) in [5.74, 6) is -0.941. The monoisotopic (exact) mass is 250 g/mol. The zero-order valence-corrected chi connectivity index (χ0v) is 10.4. The highest BCUT2D eigenvalue weighted by atomic mass is 16.4. The first kappa shape index (κ1) is 12.8. The minimum absolute atomic E-state index is 0.282. The molecule has 0 spiro atoms. The molecule has 0 aromatic heterocycles. The molecule has 0 bridgehead atoms. The molecule has 0 unspecified atom stereocenters. The van der Waals surface area contributed by atoms with Crippen molar-refractivity contribution in [2.75, 3.05) is 0 Å². The number of rotatable bonds is 4. The third-order valence-electron chi connectivity index (χ3n) is 2.82. The molecule has 0 aliphatic carbocycles. The number of carboxylic acids is 1. The predicted molar refractivity (Wildman–Crippen MR) is 78.9 cm³/mol. The van der Waals surface area contributed by atoms with Crippen LogP contribution in [0.15, 0.2) is 55.1 Å². The van der Waals surface area contributed by atoms with Crippen LogP contribution in [0.2, 0.25) is 0 Å². The Bertz CT molecular complexity index is 625. The van der Waals surface area contributed by atoms with Gasteiger partial charge < -0.3 is 5.11 Å². The molecule has 0 heterocycles. The third kappa shape index (κ3) is 2.99. The van der Waals surface area contributed by atoms with Crippen LogP contribution in [0.4, 0.5) is 0 Å². The summed E-state index contributed by atoms with van der Waals surface area (Å²) in [6.45, 7) is 3.65. The molecule has 0 amide bonds. The second kappa shape index (κ2) is 5.83. The van der Waals surface area contributed by atoms with Crippen LogP contribution in [0.5, 0.6) is 0 Å². The Kier molecular flexibility index (Phi) is 3.94. The molecule has 2 aromatic carbocycles. The van der Waals surface area contributed by atoms with Gasteiger partial charge in [0, 0.05) is 0 Å². The molecular formula is C17H14O2. The Labute approximate surface area is 112 Å². The first-order valence-corrected chi connectivity index (χ1v) is 5.94. The lowest BCUT2D eigenvalue weighted by Crippen LogP contribution is -2.02. The van der Waals surface area contributed by atoms with E-state index in [0.29, 0.717) is 11.1 Å². The van der Waals surface area contributed by atoms with Gasteiger partial charge in [-0.1, -0.05) is 73.3 Å². The number of carbonyl (C=O) groups is 1. The number of benzene rings is 2. The minimum atomic E-state index is -0.941. The lowest BCUT2D eigenvalue weighted by atomic mass is 10.00. The molecule has 0 saturated heterocycles. The molecular weight excluding hydrogens is 236 g/mol. The summed E-state index contributed by atoms with van der Waals surface area (Å²) in [5, 5.41) is 9.29. The zero-order valence-electron chi connectivity index (χ0n) is 10.4. The van der Waals surface area contributed by atoms with E-state index in [1.54, 1.807) is 18.2 Å². The molecule has 2 heteroatoms. The van der Waals surface area contributed by atoms with Gasteiger partial charge in [-0.25, -0.2) is 4.79 Å². The van der Waals surface area contributed by atoms with Crippen molar-refractivity contribution in [1.29, 1.82) is 0 Å². The fourth-order valence-corrected chi connectivity index (χ4v) is 1.89. The van der Waals surface area contributed by atoms with Crippen LogP contribution in [-0.4, -0.2) is 11.1 Å². The first-order chi connectivity index (χ1) is 9.22. The van der Waals surface area contributed by atoms with Gasteiger partial charge in [0.2, 0.25) is 0 Å². The van der Waals surface area contributed by atoms with E-state index in [1.807, 2.05) is 48.6 Å². The molecule has 2 nitrogen and oxygen atoms in total. The fraction of sp³-hybridized carbons (Fsp3) is 0. The molecule has 2 aromatic rings. The average molecular weight is 250 g/mol. The molecule has 0 aliphatic rings. The maximum absolute atomic E-state index is 11.3. The van der Waals surface area contributed by atoms with Crippen molar-refractivity contribution in [2.45, 2.75) is 0 Å². The van der Waals surface area contributed by atoms with Crippen molar-refractivity contribution in [1.82, 2.24) is 0 Å². The Morgan fingerprint density at radius 1 is 0.947 bits per heavy atom. The standard InChI is InChI=1S/C17H14O2/c1-2-14-9-6-10-15(16(14)17(18)19)12-11-13-7-4-3-5-8-13/h2-12H,1H2,(H,18,19). The van der Waals surface area contributed by atoms with Crippen LogP contribution in [-0.2, 0) is 0 Å². The van der Waals surface area contributed by atoms with Crippen molar-refractivity contribution >= 4 is 24.2 Å². The number of hydrogen-bond acceptors (Lipinski definition) is 1. The van der Waals surface area contributed by atoms with Crippen LogP contribution >= 0.6 is 0 Å². The van der Waals surface area contributed by atoms with E-state index >= 15 is 0 Å². The summed E-state index contributed by atoms with van der Waals surface area (Å²) in [5.41, 5.74) is 2.61. The van der Waals surface area contributed by atoms with Crippen LogP contribution in [0.3, 0.4) is 0 Å². The molecule has 19 heavy (non-hydrogen) atoms. The average Bonchev–Trinajstić information content (AvgIpc) is 2.45. The third-order valence-corrected chi connectivity index (χ3v) is 2.82. The second-order valence-electron chi connectivity index (χ2n) is 4.06. The highest BCUT2D eigenvalue weighted by molar-refractivity contribution is 5.97. The van der Waals surface area contributed by atoms with Gasteiger partial charge in [-0.2, -0.15) is 0 Å². The molecule has 1 N–H and O–H groups in total. The smallest absolute Gasteiger partial charge is 0.336 e. The molecule has 0 aliphatic heterocycles. The van der Waals surface area contributed by atoms with Gasteiger partial charge in [0.15, 0.2) is 0 Å². The highest BCUT2D eigenvalue weighted by Gasteiger charge is 2.11. The maximum Gasteiger partial charge on any atom is 0.336 e. The summed E-state index contributed by atoms with van der Waals surface area (Å²) in [6.07, 6.45) is 5.27. The van der Waals surface area contributed by atoms with Crippen molar-refractivity contribution in [3.63, 3.8) is 0 Å². The van der Waals surface area contributed by atoms with Gasteiger partial charge in [0.1, 0.15) is 0 Å². The van der Waals surface area contributed by atoms with E-state index in [2.05, 4.69) is 6.58 Å². The normalized spacial score (nSPS) is 10.5. The van der Waals surface area contributed by atoms with E-state index in [9.17, 15) is 9.90 Å². The van der Waals surface area contributed by atoms with E-state index in [4.69, 9.17) is 0 Å². The Morgan fingerprint density at radius 3 is 2.26 bits per heavy atom. The lowest BCUT2D eigenvalue weighted by molar-refractivity contribution is 0.0696. The van der Waals surface area contributed by atoms with Crippen molar-refractivity contribution < 1.29 is 9.90 Å². The van der Waals surface area contributed by atoms with Gasteiger partial charge in [0.05, 0.1) is 5.56 Å². The summed E-state index contributed by atoms with van der Waals surface area (Å²) < 4.78 is 0. The maximum atomic E-state index is 11.3. The van der Waals surface area contributed by atoms with Crippen LogP contribution in [0.1, 0.15) is 27.0 Å². The minimum Gasteiger partial charge on any atom is -0.478 e. The Balaban J connectivity index is 2.43. The summed E-state index contributed by atoms with van der Waals surface area (Å²) in [6, 6.07) is 15.1. The topological polar surface area (TPSA) is 37.3 Å².